The zero-order chi connectivity index (χ0) is 52.0. The topological polar surface area (TPSA) is 290 Å². The Morgan fingerprint density at radius 1 is 0.826 bits per heavy atom. The molecular formula is C42H50Cl2N12O9S4. The number of anilines is 5. The number of nitrogens with two attached hydrogens (primary N) is 1. The number of rotatable bonds is 11. The van der Waals surface area contributed by atoms with Crippen LogP contribution >= 0.6 is 68.5 Å². The van der Waals surface area contributed by atoms with Crippen LogP contribution in [0.5, 0.6) is 0 Å². The van der Waals surface area contributed by atoms with E-state index in [0.717, 1.165) is 50.3 Å². The summed E-state index contributed by atoms with van der Waals surface area (Å²) in [5, 5.41) is 17.2. The van der Waals surface area contributed by atoms with Crippen LogP contribution in [0.4, 0.5) is 32.3 Å². The third-order valence-electron chi connectivity index (χ3n) is 8.75. The first-order valence-corrected chi connectivity index (χ1v) is 24.9. The van der Waals surface area contributed by atoms with Crippen molar-refractivity contribution in [2.45, 2.75) is 101 Å². The fraction of sp³-hybridized carbons (Fsp3) is 0.429. The molecule has 370 valence electrons. The van der Waals surface area contributed by atoms with Crippen molar-refractivity contribution < 1.29 is 38.4 Å². The number of esters is 1. The smallest absolute Gasteiger partial charge is 0.373 e. The van der Waals surface area contributed by atoms with E-state index < -0.39 is 10.9 Å². The third-order valence-corrected chi connectivity index (χ3v) is 13.0. The second kappa shape index (κ2) is 29.8. The first kappa shape index (κ1) is 59.1. The molecule has 27 heteroatoms. The molecule has 0 unspecified atom stereocenters. The molecule has 0 saturated heterocycles. The number of Topliss-reactive ketones (excluding diaryl/α,β-unsaturated/α-hetero) is 1. The van der Waals surface area contributed by atoms with Crippen molar-refractivity contribution in [3.05, 3.63) is 86.3 Å². The Bertz CT molecular complexity index is 2720. The molecule has 0 fully saturated rings. The number of aryl methyl sites for hydroxylation is 7. The Labute approximate surface area is 423 Å². The Hall–Kier alpha value is -6.04. The number of halogens is 2. The number of thiazole rings is 4. The van der Waals surface area contributed by atoms with Gasteiger partial charge in [0.1, 0.15) is 32.7 Å². The predicted molar refractivity (Wildman–Crippen MR) is 265 cm³/mol. The zero-order valence-electron chi connectivity index (χ0n) is 39.4. The molecule has 6 aromatic rings. The Morgan fingerprint density at radius 3 is 1.91 bits per heavy atom. The molecule has 21 nitrogen and oxygen atoms in total. The van der Waals surface area contributed by atoms with Gasteiger partial charge in [0, 0.05) is 36.1 Å². The standard InChI is InChI=1S/C13H14ClN5O4S.C12H11ClN4OS.C9H15NS.C6H10N2S.2CO2/c1-4-18(10-8(19(21)22)6-15-13(14)17-10)11-9(12(20)23-5-2)16-7(3)24-11;1-3-17-10-7(5-14-12(13)16-10)4-8(18)9-11(17)19-6(2)15-9;1-4-6-9-8(5-2)10-7(3)11-9;1-3-5-6(7)9-4(2)8-5;2*2-1-3/h6H,4-5H2,1-3H3;5H,3-4H2,1-2H3;4-6H2,1-3H3;3,7H2,1-2H3;;. The average Bonchev–Trinajstić information content (AvgIpc) is 4.06. The zero-order valence-corrected chi connectivity index (χ0v) is 44.1. The van der Waals surface area contributed by atoms with Crippen LogP contribution in [-0.2, 0) is 49.6 Å². The number of ketones is 1. The lowest BCUT2D eigenvalue weighted by Crippen LogP contribution is -2.21. The highest BCUT2D eigenvalue weighted by Crippen LogP contribution is 2.39. The number of hydrogen-bond donors (Lipinski definition) is 1. The van der Waals surface area contributed by atoms with Crippen molar-refractivity contribution in [3.8, 4) is 0 Å². The maximum atomic E-state index is 12.3. The Morgan fingerprint density at radius 2 is 1.39 bits per heavy atom. The molecule has 0 radical (unpaired) electrons. The van der Waals surface area contributed by atoms with E-state index in [4.69, 9.17) is 52.9 Å². The molecule has 0 saturated carbocycles. The summed E-state index contributed by atoms with van der Waals surface area (Å²) in [6, 6.07) is 0. The molecule has 69 heavy (non-hydrogen) atoms. The second-order valence-electron chi connectivity index (χ2n) is 13.4. The van der Waals surface area contributed by atoms with Crippen LogP contribution in [0.3, 0.4) is 0 Å². The molecule has 7 rings (SSSR count). The van der Waals surface area contributed by atoms with E-state index in [1.54, 1.807) is 38.3 Å². The Balaban J connectivity index is 0.000000321. The van der Waals surface area contributed by atoms with Gasteiger partial charge in [-0.3, -0.25) is 14.9 Å². The van der Waals surface area contributed by atoms with Crippen LogP contribution in [0.2, 0.25) is 10.6 Å². The Kier molecular flexibility index (Phi) is 25.5. The molecule has 0 aliphatic carbocycles. The van der Waals surface area contributed by atoms with Crippen molar-refractivity contribution in [3.63, 3.8) is 0 Å². The summed E-state index contributed by atoms with van der Waals surface area (Å²) in [5.74, 6) is 0.107. The SMILES string of the molecule is CCCc1sc(C)nc1CC.CCN1c2nc(Cl)ncc2CC(=O)c2nc(C)sc21.CCOC(=O)c1nc(C)sc1N(CC)c1nc(Cl)ncc1[N+](=O)[O-].CCc1nc(C)sc1N.O=C=O.O=C=O. The summed E-state index contributed by atoms with van der Waals surface area (Å²) in [4.78, 5) is 106. The van der Waals surface area contributed by atoms with Crippen molar-refractivity contribution in [2.24, 2.45) is 0 Å². The lowest BCUT2D eigenvalue weighted by atomic mass is 10.1. The molecule has 1 aliphatic heterocycles. The van der Waals surface area contributed by atoms with Gasteiger partial charge in [-0.15, -0.1) is 45.3 Å². The van der Waals surface area contributed by atoms with E-state index >= 15 is 0 Å². The molecule has 6 aromatic heterocycles. The van der Waals surface area contributed by atoms with Crippen molar-refractivity contribution >= 4 is 125 Å². The normalized spacial score (nSPS) is 10.7. The van der Waals surface area contributed by atoms with Gasteiger partial charge in [0.2, 0.25) is 16.4 Å². The lowest BCUT2D eigenvalue weighted by Gasteiger charge is -2.20. The number of nitro groups is 1. The van der Waals surface area contributed by atoms with Gasteiger partial charge in [-0.1, -0.05) is 27.2 Å². The highest BCUT2D eigenvalue weighted by atomic mass is 35.5. The first-order chi connectivity index (χ1) is 32.8. The van der Waals surface area contributed by atoms with Gasteiger partial charge in [0.05, 0.1) is 42.9 Å². The van der Waals surface area contributed by atoms with Crippen LogP contribution in [0, 0.1) is 37.8 Å². The summed E-state index contributed by atoms with van der Waals surface area (Å²) < 4.78 is 5.00. The molecule has 7 heterocycles. The predicted octanol–water partition coefficient (Wildman–Crippen LogP) is 9.33. The van der Waals surface area contributed by atoms with Gasteiger partial charge in [0.15, 0.2) is 11.5 Å². The van der Waals surface area contributed by atoms with Gasteiger partial charge in [0.25, 0.3) is 0 Å². The lowest BCUT2D eigenvalue weighted by molar-refractivity contribution is -0.384. The van der Waals surface area contributed by atoms with Gasteiger partial charge >= 0.3 is 24.0 Å². The van der Waals surface area contributed by atoms with E-state index in [1.165, 1.54) is 56.0 Å². The highest BCUT2D eigenvalue weighted by molar-refractivity contribution is 7.16. The number of ether oxygens (including phenoxy) is 1. The summed E-state index contributed by atoms with van der Waals surface area (Å²) >= 11 is 17.8. The van der Waals surface area contributed by atoms with Crippen LogP contribution in [-0.4, -0.2) is 88.5 Å². The number of fused-ring (bicyclic) bond motifs is 2. The van der Waals surface area contributed by atoms with E-state index in [9.17, 15) is 19.7 Å². The molecule has 2 N–H and O–H groups in total. The maximum Gasteiger partial charge on any atom is 0.373 e. The quantitative estimate of drug-likeness (QED) is 0.0547. The fourth-order valence-electron chi connectivity index (χ4n) is 6.11. The number of carbonyl (C=O) groups is 2. The minimum Gasteiger partial charge on any atom is -0.461 e. The number of carbonyl (C=O) groups excluding carboxylic acids is 6. The molecular weight excluding hydrogens is 1020 g/mol. The fourth-order valence-corrected chi connectivity index (χ4v) is 10.2. The molecule has 0 spiro atoms. The van der Waals surface area contributed by atoms with Crippen molar-refractivity contribution in [1.29, 1.82) is 0 Å². The minimum atomic E-state index is -0.605. The van der Waals surface area contributed by atoms with E-state index in [0.29, 0.717) is 34.6 Å². The minimum absolute atomic E-state index is 0.00229. The second-order valence-corrected chi connectivity index (χ2v) is 19.0. The van der Waals surface area contributed by atoms with Crippen LogP contribution in [0.1, 0.15) is 111 Å². The van der Waals surface area contributed by atoms with Crippen molar-refractivity contribution in [2.75, 3.05) is 35.2 Å². The van der Waals surface area contributed by atoms with Gasteiger partial charge in [-0.25, -0.2) is 34.7 Å². The summed E-state index contributed by atoms with van der Waals surface area (Å²) in [5.41, 5.74) is 9.05. The summed E-state index contributed by atoms with van der Waals surface area (Å²) in [6.07, 6.45) is 7.87. The number of aromatic nitrogens is 8. The summed E-state index contributed by atoms with van der Waals surface area (Å²) in [7, 11) is 0. The van der Waals surface area contributed by atoms with Crippen LogP contribution < -0.4 is 15.5 Å². The number of hydrogen-bond acceptors (Lipinski definition) is 24. The van der Waals surface area contributed by atoms with E-state index in [-0.39, 0.29) is 58.9 Å². The largest absolute Gasteiger partial charge is 0.461 e. The monoisotopic (exact) mass is 1060 g/mol. The van der Waals surface area contributed by atoms with Gasteiger partial charge < -0.3 is 20.3 Å². The van der Waals surface area contributed by atoms with Gasteiger partial charge in [-0.2, -0.15) is 29.1 Å². The van der Waals surface area contributed by atoms with Crippen LogP contribution in [0.15, 0.2) is 12.4 Å². The number of nitrogen functional groups attached to an aromatic ring is 1. The summed E-state index contributed by atoms with van der Waals surface area (Å²) in [6.45, 7) is 20.8. The van der Waals surface area contributed by atoms with Crippen molar-refractivity contribution in [1.82, 2.24) is 39.9 Å². The molecule has 1 aliphatic rings. The van der Waals surface area contributed by atoms with E-state index in [2.05, 4.69) is 67.6 Å². The average molecular weight is 1070 g/mol. The maximum absolute atomic E-state index is 12.3. The molecule has 0 aromatic carbocycles. The molecule has 0 amide bonds. The number of nitrogens with zero attached hydrogens (tertiary/aromatic N) is 11. The van der Waals surface area contributed by atoms with E-state index in [1.807, 2.05) is 37.0 Å². The molecule has 0 atom stereocenters. The van der Waals surface area contributed by atoms with Crippen LogP contribution in [0.25, 0.3) is 0 Å². The third kappa shape index (κ3) is 17.2. The first-order valence-electron chi connectivity index (χ1n) is 20.9. The van der Waals surface area contributed by atoms with Gasteiger partial charge in [-0.05, 0) is 90.9 Å². The highest BCUT2D eigenvalue weighted by Gasteiger charge is 2.31. The molecule has 0 bridgehead atoms.